The number of likely N-dealkylation sites (tertiary alicyclic amines) is 1. The molecule has 11 heteroatoms. The van der Waals surface area contributed by atoms with Crippen LogP contribution in [0, 0.1) is 0 Å². The quantitative estimate of drug-likeness (QED) is 0.468. The van der Waals surface area contributed by atoms with Gasteiger partial charge < -0.3 is 9.88 Å². The van der Waals surface area contributed by atoms with E-state index in [4.69, 9.17) is 0 Å². The van der Waals surface area contributed by atoms with Crippen molar-refractivity contribution in [2.24, 2.45) is 0 Å². The summed E-state index contributed by atoms with van der Waals surface area (Å²) < 4.78 is 27.4. The molecule has 0 radical (unpaired) electrons. The van der Waals surface area contributed by atoms with Crippen molar-refractivity contribution in [3.8, 4) is 11.3 Å². The lowest BCUT2D eigenvalue weighted by atomic mass is 10.1. The summed E-state index contributed by atoms with van der Waals surface area (Å²) in [5, 5.41) is 4.38. The first kappa shape index (κ1) is 22.6. The number of hydrogen-bond acceptors (Lipinski definition) is 5. The summed E-state index contributed by atoms with van der Waals surface area (Å²) in [5.41, 5.74) is 2.32. The van der Waals surface area contributed by atoms with E-state index in [0.29, 0.717) is 22.7 Å². The Bertz CT molecular complexity index is 1490. The topological polar surface area (TPSA) is 116 Å². The average Bonchev–Trinajstić information content (AvgIpc) is 3.46. The number of amides is 1. The number of nitrogens with one attached hydrogen (secondary N) is 2. The molecule has 35 heavy (non-hydrogen) atoms. The highest BCUT2D eigenvalue weighted by Gasteiger charge is 2.40. The lowest BCUT2D eigenvalue weighted by molar-refractivity contribution is 0.0120. The molecule has 1 amide bonds. The number of nitrogens with zero attached hydrogens (tertiary/aromatic N) is 4. The highest BCUT2D eigenvalue weighted by molar-refractivity contribution is 5.94. The fraction of sp³-hybridized carbons (Fsp3) is 0.292. The summed E-state index contributed by atoms with van der Waals surface area (Å²) in [6.45, 7) is -0.318. The van der Waals surface area contributed by atoms with Gasteiger partial charge in [0.2, 0.25) is 0 Å². The van der Waals surface area contributed by atoms with Gasteiger partial charge in [0.1, 0.15) is 0 Å². The lowest BCUT2D eigenvalue weighted by Gasteiger charge is -2.15. The van der Waals surface area contributed by atoms with Gasteiger partial charge in [-0.2, -0.15) is 5.10 Å². The third kappa shape index (κ3) is 4.88. The maximum absolute atomic E-state index is 12.9. The number of carbonyl (C=O) groups is 1. The second kappa shape index (κ2) is 8.90. The highest BCUT2D eigenvalue weighted by atomic mass is 19.3. The summed E-state index contributed by atoms with van der Waals surface area (Å²) in [4.78, 5) is 44.9. The van der Waals surface area contributed by atoms with E-state index in [9.17, 15) is 23.2 Å². The minimum atomic E-state index is -2.72. The maximum atomic E-state index is 12.9. The molecule has 180 valence electrons. The van der Waals surface area contributed by atoms with E-state index in [1.54, 1.807) is 47.2 Å². The Morgan fingerprint density at radius 2 is 1.91 bits per heavy atom. The number of alkyl halides is 2. The minimum Gasteiger partial charge on any atom is -0.332 e. The van der Waals surface area contributed by atoms with Gasteiger partial charge in [0.15, 0.2) is 5.65 Å². The van der Waals surface area contributed by atoms with Gasteiger partial charge in [-0.25, -0.2) is 23.1 Å². The molecule has 0 bridgehead atoms. The molecule has 0 unspecified atom stereocenters. The van der Waals surface area contributed by atoms with E-state index in [1.807, 2.05) is 6.07 Å². The van der Waals surface area contributed by atoms with Gasteiger partial charge in [-0.05, 0) is 37.0 Å². The number of H-pyrrole nitrogens is 2. The molecule has 2 N–H and O–H groups in total. The third-order valence-electron chi connectivity index (χ3n) is 5.98. The van der Waals surface area contributed by atoms with E-state index in [-0.39, 0.29) is 18.9 Å². The normalized spacial score (nSPS) is 16.7. The van der Waals surface area contributed by atoms with Gasteiger partial charge in [0, 0.05) is 42.7 Å². The van der Waals surface area contributed by atoms with Gasteiger partial charge in [0.25, 0.3) is 17.4 Å². The molecule has 2 aliphatic rings. The third-order valence-corrected chi connectivity index (χ3v) is 5.98. The SMILES string of the molecule is O=C(c1ccccc1)N1CCC(F)(F)C1.O=c1[nH]cc(-c2cc(C3CC3)c3nccn3n2)c(=O)[nH]1. The van der Waals surface area contributed by atoms with Crippen LogP contribution in [0.15, 0.2) is 64.6 Å². The van der Waals surface area contributed by atoms with E-state index in [1.165, 1.54) is 11.1 Å². The predicted molar refractivity (Wildman–Crippen MR) is 124 cm³/mol. The van der Waals surface area contributed by atoms with Gasteiger partial charge in [-0.1, -0.05) is 18.2 Å². The van der Waals surface area contributed by atoms with Crippen molar-refractivity contribution in [3.05, 3.63) is 87.0 Å². The van der Waals surface area contributed by atoms with Crippen LogP contribution in [0.25, 0.3) is 16.9 Å². The molecular weight excluding hydrogens is 458 g/mol. The monoisotopic (exact) mass is 480 g/mol. The standard InChI is InChI=1S/C13H11N5O2.C11H11F2NO/c19-12-9(6-15-13(20)16-12)10-5-8(7-1-2-7)11-14-3-4-18(11)17-10;12-11(13)6-7-14(8-11)10(15)9-4-2-1-3-5-9/h3-7H,1-2H2,(H2,15,16,19,20);1-5H,6-8H2. The Morgan fingerprint density at radius 3 is 2.57 bits per heavy atom. The van der Waals surface area contributed by atoms with Crippen LogP contribution in [0.4, 0.5) is 8.78 Å². The Morgan fingerprint density at radius 1 is 1.14 bits per heavy atom. The van der Waals surface area contributed by atoms with Gasteiger partial charge in [0.05, 0.1) is 17.8 Å². The molecule has 2 fully saturated rings. The number of benzene rings is 1. The molecule has 1 aromatic carbocycles. The van der Waals surface area contributed by atoms with Crippen molar-refractivity contribution in [1.82, 2.24) is 29.5 Å². The number of halogens is 2. The second-order valence-corrected chi connectivity index (χ2v) is 8.64. The van der Waals surface area contributed by atoms with Crippen LogP contribution in [0.5, 0.6) is 0 Å². The highest BCUT2D eigenvalue weighted by Crippen LogP contribution is 2.42. The Kier molecular flexibility index (Phi) is 5.75. The Hall–Kier alpha value is -4.15. The Balaban J connectivity index is 0.000000152. The van der Waals surface area contributed by atoms with Crippen molar-refractivity contribution in [1.29, 1.82) is 0 Å². The van der Waals surface area contributed by atoms with Crippen molar-refractivity contribution in [3.63, 3.8) is 0 Å². The van der Waals surface area contributed by atoms with Crippen LogP contribution in [0.2, 0.25) is 0 Å². The van der Waals surface area contributed by atoms with Gasteiger partial charge >= 0.3 is 5.69 Å². The van der Waals surface area contributed by atoms with Crippen LogP contribution in [-0.2, 0) is 0 Å². The first-order valence-electron chi connectivity index (χ1n) is 11.2. The van der Waals surface area contributed by atoms with E-state index in [0.717, 1.165) is 24.1 Å². The van der Waals surface area contributed by atoms with E-state index in [2.05, 4.69) is 20.1 Å². The molecule has 1 saturated carbocycles. The summed E-state index contributed by atoms with van der Waals surface area (Å²) in [5.74, 6) is -2.54. The molecule has 6 rings (SSSR count). The molecule has 4 heterocycles. The maximum Gasteiger partial charge on any atom is 0.325 e. The number of aromatic amines is 2. The fourth-order valence-electron chi connectivity index (χ4n) is 4.04. The van der Waals surface area contributed by atoms with E-state index < -0.39 is 23.7 Å². The molecule has 4 aromatic rings. The first-order valence-corrected chi connectivity index (χ1v) is 11.2. The van der Waals surface area contributed by atoms with E-state index >= 15 is 0 Å². The van der Waals surface area contributed by atoms with Crippen LogP contribution in [-0.4, -0.2) is 54.4 Å². The summed E-state index contributed by atoms with van der Waals surface area (Å²) in [6.07, 6.45) is 6.87. The zero-order valence-electron chi connectivity index (χ0n) is 18.6. The lowest BCUT2D eigenvalue weighted by Crippen LogP contribution is -2.31. The predicted octanol–water partition coefficient (Wildman–Crippen LogP) is 2.82. The van der Waals surface area contributed by atoms with Crippen LogP contribution >= 0.6 is 0 Å². The molecule has 1 aliphatic carbocycles. The average molecular weight is 480 g/mol. The van der Waals surface area contributed by atoms with Crippen molar-refractivity contribution in [2.75, 3.05) is 13.1 Å². The molecule has 3 aromatic heterocycles. The fourth-order valence-corrected chi connectivity index (χ4v) is 4.04. The molecule has 0 atom stereocenters. The zero-order chi connectivity index (χ0) is 24.6. The molecule has 9 nitrogen and oxygen atoms in total. The van der Waals surface area contributed by atoms with Crippen LogP contribution in [0.1, 0.15) is 41.1 Å². The number of imidazole rings is 1. The van der Waals surface area contributed by atoms with Crippen LogP contribution < -0.4 is 11.2 Å². The largest absolute Gasteiger partial charge is 0.332 e. The summed E-state index contributed by atoms with van der Waals surface area (Å²) in [6, 6.07) is 10.4. The minimum absolute atomic E-state index is 0.140. The van der Waals surface area contributed by atoms with Crippen molar-refractivity contribution < 1.29 is 13.6 Å². The van der Waals surface area contributed by atoms with Gasteiger partial charge in [-0.3, -0.25) is 14.6 Å². The first-order chi connectivity index (χ1) is 16.8. The van der Waals surface area contributed by atoms with Crippen LogP contribution in [0.3, 0.4) is 0 Å². The number of aromatic nitrogens is 5. The number of hydrogen-bond donors (Lipinski definition) is 2. The molecule has 0 spiro atoms. The number of rotatable bonds is 3. The van der Waals surface area contributed by atoms with Crippen molar-refractivity contribution in [2.45, 2.75) is 31.1 Å². The number of carbonyl (C=O) groups excluding carboxylic acids is 1. The smallest absolute Gasteiger partial charge is 0.325 e. The van der Waals surface area contributed by atoms with Gasteiger partial charge in [-0.15, -0.1) is 0 Å². The van der Waals surface area contributed by atoms with Crippen molar-refractivity contribution >= 4 is 11.6 Å². The molecular formula is C24H22F2N6O3. The zero-order valence-corrected chi connectivity index (χ0v) is 18.6. The molecule has 1 saturated heterocycles. The summed E-state index contributed by atoms with van der Waals surface area (Å²) >= 11 is 0. The molecule has 1 aliphatic heterocycles. The summed E-state index contributed by atoms with van der Waals surface area (Å²) in [7, 11) is 0. The number of fused-ring (bicyclic) bond motifs is 1. The second-order valence-electron chi connectivity index (χ2n) is 8.64. The Labute approximate surface area is 197 Å².